The normalized spacial score (nSPS) is 17.5. The number of halogens is 2. The van der Waals surface area contributed by atoms with Crippen LogP contribution in [0, 0.1) is 11.6 Å². The molecular weight excluding hydrogens is 418 g/mol. The Morgan fingerprint density at radius 1 is 1.03 bits per heavy atom. The first-order valence-electron chi connectivity index (χ1n) is 9.72. The zero-order valence-corrected chi connectivity index (χ0v) is 17.4. The highest BCUT2D eigenvalue weighted by molar-refractivity contribution is 7.80. The fraction of sp³-hybridized carbons (Fsp3) is 0.125. The number of nitrogens with one attached hydrogen (secondary N) is 1. The molecule has 0 fully saturated rings. The molecule has 7 heteroatoms. The van der Waals surface area contributed by atoms with E-state index < -0.39 is 6.17 Å². The molecular formula is C24H18F2N2O2S. The van der Waals surface area contributed by atoms with E-state index in [2.05, 4.69) is 5.32 Å². The van der Waals surface area contributed by atoms with E-state index in [1.54, 1.807) is 25.3 Å². The first kappa shape index (κ1) is 19.5. The third-order valence-corrected chi connectivity index (χ3v) is 5.73. The molecule has 1 atom stereocenters. The SMILES string of the molecule is COc1cccc(C2NC(=S)C3=C(Oc4ccc(F)cc4C3)N2c2cccc(F)c2)c1. The maximum Gasteiger partial charge on any atom is 0.208 e. The van der Waals surface area contributed by atoms with Crippen LogP contribution in [-0.2, 0) is 6.42 Å². The van der Waals surface area contributed by atoms with Crippen LogP contribution in [0.3, 0.4) is 0 Å². The van der Waals surface area contributed by atoms with Crippen molar-refractivity contribution in [1.82, 2.24) is 5.32 Å². The van der Waals surface area contributed by atoms with Crippen molar-refractivity contribution in [2.75, 3.05) is 12.0 Å². The van der Waals surface area contributed by atoms with Crippen molar-refractivity contribution >= 4 is 22.9 Å². The molecule has 0 radical (unpaired) electrons. The van der Waals surface area contributed by atoms with E-state index in [1.807, 2.05) is 29.2 Å². The van der Waals surface area contributed by atoms with Crippen LogP contribution in [0.5, 0.6) is 11.5 Å². The number of rotatable bonds is 3. The number of nitrogens with zero attached hydrogens (tertiary/aromatic N) is 1. The number of hydrogen-bond donors (Lipinski definition) is 1. The summed E-state index contributed by atoms with van der Waals surface area (Å²) in [4.78, 5) is 2.38. The highest BCUT2D eigenvalue weighted by Crippen LogP contribution is 2.41. The van der Waals surface area contributed by atoms with Crippen molar-refractivity contribution in [2.45, 2.75) is 12.6 Å². The Morgan fingerprint density at radius 3 is 2.65 bits per heavy atom. The Hall–Kier alpha value is -3.45. The van der Waals surface area contributed by atoms with E-state index in [4.69, 9.17) is 21.7 Å². The van der Waals surface area contributed by atoms with E-state index >= 15 is 0 Å². The van der Waals surface area contributed by atoms with E-state index in [0.29, 0.717) is 40.0 Å². The molecule has 3 aromatic carbocycles. The number of hydrogen-bond acceptors (Lipinski definition) is 4. The summed E-state index contributed by atoms with van der Waals surface area (Å²) in [6.07, 6.45) is -0.0459. The highest BCUT2D eigenvalue weighted by Gasteiger charge is 2.38. The Balaban J connectivity index is 1.67. The lowest BCUT2D eigenvalue weighted by Gasteiger charge is -2.42. The predicted molar refractivity (Wildman–Crippen MR) is 118 cm³/mol. The van der Waals surface area contributed by atoms with Crippen LogP contribution in [0.2, 0.25) is 0 Å². The average molecular weight is 436 g/mol. The van der Waals surface area contributed by atoms with Gasteiger partial charge < -0.3 is 14.8 Å². The molecule has 5 rings (SSSR count). The standard InChI is InChI=1S/C24H18F2N2O2S/c1-29-19-7-2-4-14(11-19)22-27-23(31)20-12-15-10-17(26)8-9-21(15)30-24(20)28(22)18-6-3-5-16(25)13-18/h2-11,13,22H,12H2,1H3,(H,27,31). The van der Waals surface area contributed by atoms with Gasteiger partial charge in [-0.15, -0.1) is 0 Å². The largest absolute Gasteiger partial charge is 0.497 e. The van der Waals surface area contributed by atoms with Gasteiger partial charge in [-0.05, 0) is 54.1 Å². The number of fused-ring (bicyclic) bond motifs is 1. The summed E-state index contributed by atoms with van der Waals surface area (Å²) in [6.45, 7) is 0. The number of benzene rings is 3. The Morgan fingerprint density at radius 2 is 1.84 bits per heavy atom. The van der Waals surface area contributed by atoms with Crippen molar-refractivity contribution in [3.05, 3.63) is 101 Å². The molecule has 0 aliphatic carbocycles. The summed E-state index contributed by atoms with van der Waals surface area (Å²) in [5.74, 6) is 1.04. The van der Waals surface area contributed by atoms with Crippen LogP contribution in [-0.4, -0.2) is 12.1 Å². The van der Waals surface area contributed by atoms with Gasteiger partial charge in [-0.3, -0.25) is 4.90 Å². The van der Waals surface area contributed by atoms with Crippen molar-refractivity contribution in [3.63, 3.8) is 0 Å². The lowest BCUT2D eigenvalue weighted by molar-refractivity contribution is 0.358. The van der Waals surface area contributed by atoms with E-state index in [0.717, 1.165) is 11.1 Å². The number of thiocarbonyl (C=S) groups is 1. The molecule has 2 heterocycles. The number of methoxy groups -OCH3 is 1. The van der Waals surface area contributed by atoms with Gasteiger partial charge in [0.25, 0.3) is 0 Å². The van der Waals surface area contributed by atoms with Gasteiger partial charge in [0.1, 0.15) is 34.3 Å². The quantitative estimate of drug-likeness (QED) is 0.567. The van der Waals surface area contributed by atoms with Crippen molar-refractivity contribution in [3.8, 4) is 11.5 Å². The minimum absolute atomic E-state index is 0.336. The molecule has 2 aliphatic rings. The minimum Gasteiger partial charge on any atom is -0.497 e. The topological polar surface area (TPSA) is 33.7 Å². The molecule has 0 spiro atoms. The van der Waals surface area contributed by atoms with Gasteiger partial charge in [0.05, 0.1) is 12.7 Å². The summed E-state index contributed by atoms with van der Waals surface area (Å²) in [5.41, 5.74) is 2.89. The van der Waals surface area contributed by atoms with Crippen LogP contribution >= 0.6 is 12.2 Å². The maximum absolute atomic E-state index is 14.2. The van der Waals surface area contributed by atoms with Crippen molar-refractivity contribution in [1.29, 1.82) is 0 Å². The second-order valence-corrected chi connectivity index (χ2v) is 7.73. The summed E-state index contributed by atoms with van der Waals surface area (Å²) in [7, 11) is 1.60. The molecule has 0 aromatic heterocycles. The minimum atomic E-state index is -0.454. The summed E-state index contributed by atoms with van der Waals surface area (Å²) >= 11 is 5.66. The van der Waals surface area contributed by atoms with Crippen molar-refractivity contribution < 1.29 is 18.3 Å². The molecule has 4 nitrogen and oxygen atoms in total. The van der Waals surface area contributed by atoms with Gasteiger partial charge >= 0.3 is 0 Å². The summed E-state index contributed by atoms with van der Waals surface area (Å²) in [6, 6.07) is 18.3. The smallest absolute Gasteiger partial charge is 0.208 e. The van der Waals surface area contributed by atoms with Gasteiger partial charge in [0, 0.05) is 17.7 Å². The Bertz CT molecular complexity index is 1230. The van der Waals surface area contributed by atoms with E-state index in [9.17, 15) is 8.78 Å². The van der Waals surface area contributed by atoms with Gasteiger partial charge in [0.15, 0.2) is 0 Å². The summed E-state index contributed by atoms with van der Waals surface area (Å²) in [5, 5.41) is 3.34. The molecule has 31 heavy (non-hydrogen) atoms. The second-order valence-electron chi connectivity index (χ2n) is 7.32. The first-order valence-corrected chi connectivity index (χ1v) is 10.1. The monoisotopic (exact) mass is 436 g/mol. The molecule has 156 valence electrons. The van der Waals surface area contributed by atoms with Gasteiger partial charge in [-0.2, -0.15) is 0 Å². The molecule has 1 N–H and O–H groups in total. The highest BCUT2D eigenvalue weighted by atomic mass is 32.1. The lowest BCUT2D eigenvalue weighted by atomic mass is 9.98. The third kappa shape index (κ3) is 3.51. The molecule has 1 unspecified atom stereocenters. The predicted octanol–water partition coefficient (Wildman–Crippen LogP) is 5.26. The van der Waals surface area contributed by atoms with Gasteiger partial charge in [0.2, 0.25) is 5.88 Å². The molecule has 0 saturated heterocycles. The number of anilines is 1. The van der Waals surface area contributed by atoms with Crippen molar-refractivity contribution in [2.24, 2.45) is 0 Å². The summed E-state index contributed by atoms with van der Waals surface area (Å²) < 4.78 is 39.5. The molecule has 2 aliphatic heterocycles. The van der Waals surface area contributed by atoms with Crippen LogP contribution in [0.4, 0.5) is 14.5 Å². The Labute approximate surface area is 183 Å². The average Bonchev–Trinajstić information content (AvgIpc) is 2.78. The molecule has 0 saturated carbocycles. The van der Waals surface area contributed by atoms with Crippen LogP contribution in [0.25, 0.3) is 0 Å². The van der Waals surface area contributed by atoms with Crippen LogP contribution in [0.1, 0.15) is 17.3 Å². The van der Waals surface area contributed by atoms with Crippen LogP contribution < -0.4 is 19.7 Å². The van der Waals surface area contributed by atoms with Crippen LogP contribution in [0.15, 0.2) is 78.2 Å². The maximum atomic E-state index is 14.2. The number of ether oxygens (including phenoxy) is 2. The molecule has 0 amide bonds. The third-order valence-electron chi connectivity index (χ3n) is 5.37. The van der Waals surface area contributed by atoms with E-state index in [1.165, 1.54) is 24.3 Å². The first-order chi connectivity index (χ1) is 15.0. The fourth-order valence-corrected chi connectivity index (χ4v) is 4.19. The second kappa shape index (κ2) is 7.67. The lowest BCUT2D eigenvalue weighted by Crippen LogP contribution is -2.49. The van der Waals surface area contributed by atoms with Gasteiger partial charge in [-0.25, -0.2) is 8.78 Å². The molecule has 0 bridgehead atoms. The Kier molecular flexibility index (Phi) is 4.82. The molecule has 3 aromatic rings. The van der Waals surface area contributed by atoms with Gasteiger partial charge in [-0.1, -0.05) is 30.4 Å². The van der Waals surface area contributed by atoms with E-state index in [-0.39, 0.29) is 11.6 Å². The fourth-order valence-electron chi connectivity index (χ4n) is 3.92. The zero-order valence-electron chi connectivity index (χ0n) is 16.6. The zero-order chi connectivity index (χ0) is 21.5.